The molecule has 8 rings (SSSR count). The number of carbonyl (C=O) groups excluding carboxylic acids is 4. The number of hydrogen-bond acceptors (Lipinski definition) is 16. The minimum atomic E-state index is -1.26. The fourth-order valence-electron chi connectivity index (χ4n) is 6.72. The molecule has 0 fully saturated rings. The van der Waals surface area contributed by atoms with Crippen molar-refractivity contribution in [2.24, 2.45) is 0 Å². The fourth-order valence-corrected chi connectivity index (χ4v) is 6.72. The molecule has 0 spiro atoms. The van der Waals surface area contributed by atoms with Gasteiger partial charge in [0.25, 0.3) is 0 Å². The van der Waals surface area contributed by atoms with Gasteiger partial charge in [0.15, 0.2) is 0 Å². The maximum absolute atomic E-state index is 10.6. The molecule has 4 aromatic heterocycles. The molecule has 0 amide bonds. The van der Waals surface area contributed by atoms with Gasteiger partial charge in [-0.25, -0.2) is 0 Å². The van der Waals surface area contributed by atoms with E-state index in [0.29, 0.717) is 23.0 Å². The van der Waals surface area contributed by atoms with Crippen LogP contribution in [0.3, 0.4) is 0 Å². The van der Waals surface area contributed by atoms with E-state index in [1.54, 1.807) is 0 Å². The van der Waals surface area contributed by atoms with Crippen LogP contribution in [0.5, 0.6) is 23.0 Å². The molecule has 80 heavy (non-hydrogen) atoms. The molecular formula is C60H64Cd2N6O12+2. The number of pyridine rings is 4. The molecule has 0 aliphatic carbocycles. The molecule has 20 heteroatoms. The van der Waals surface area contributed by atoms with Gasteiger partial charge >= 0.3 is 54.6 Å². The predicted octanol–water partition coefficient (Wildman–Crippen LogP) is 5.12. The quantitative estimate of drug-likeness (QED) is 0.0896. The van der Waals surface area contributed by atoms with E-state index in [1.165, 1.54) is 97.1 Å². The Kier molecular flexibility index (Phi) is 31.2. The summed E-state index contributed by atoms with van der Waals surface area (Å²) in [5.41, 5.74) is 4.74. The SMILES string of the molecule is CC(C)(C)N(Cc1ccccn1)Cc1ccccn1.CC(C)(C)N(Cc1ccccn1)Cc1ccccn1.O=C([O-])c1ccc(Oc2ccc(C(=O)[O-])cc2)cc1.O=C([O-])c1ccc(Oc2ccc(C(=O)[O-])cc2)cc1.[Cd+2].[Cd+2].[OH3+].[OH3+]. The number of carbonyl (C=O) groups is 4. The monoisotopic (exact) mass is 1290 g/mol. The second kappa shape index (κ2) is 35.3. The Balaban J connectivity index is 0.000000525. The van der Waals surface area contributed by atoms with Gasteiger partial charge in [0, 0.05) is 62.0 Å². The fraction of sp³-hybridized carbons (Fsp3) is 0.200. The first-order valence-electron chi connectivity index (χ1n) is 23.9. The molecule has 4 aromatic carbocycles. The number of aromatic carboxylic acids is 4. The second-order valence-electron chi connectivity index (χ2n) is 18.8. The Hall–Kier alpha value is -7.36. The first-order chi connectivity index (χ1) is 36.2. The first-order valence-corrected chi connectivity index (χ1v) is 23.9. The molecule has 0 saturated carbocycles. The summed E-state index contributed by atoms with van der Waals surface area (Å²) in [6.45, 7) is 16.7. The zero-order valence-electron chi connectivity index (χ0n) is 45.6. The topological polar surface area (TPSA) is 303 Å². The smallest absolute Gasteiger partial charge is 0.545 e. The molecule has 0 bridgehead atoms. The Bertz CT molecular complexity index is 2640. The van der Waals surface area contributed by atoms with Gasteiger partial charge in [-0.3, -0.25) is 29.7 Å². The van der Waals surface area contributed by atoms with Gasteiger partial charge in [-0.1, -0.05) is 24.3 Å². The third kappa shape index (κ3) is 25.2. The standard InChI is InChI=1S/2C16H21N3.2C14H10O5.2Cd.2H2O/c2*1-16(2,3)19(12-14-8-4-6-10-17-14)13-15-9-5-7-11-18-15;2*15-13(16)9-1-5-11(6-2-9)19-12-7-3-10(4-8-12)14(17)18;;;;/h2*4-11H,12-13H2,1-3H3;2*1-8H,(H,15,16)(H,17,18);;;2*1H2/q;;;;2*+2;;/p-2. The van der Waals surface area contributed by atoms with E-state index >= 15 is 0 Å². The van der Waals surface area contributed by atoms with Gasteiger partial charge in [0.1, 0.15) is 23.0 Å². The van der Waals surface area contributed by atoms with Crippen LogP contribution >= 0.6 is 0 Å². The average Bonchev–Trinajstić information content (AvgIpc) is 3.40. The van der Waals surface area contributed by atoms with Crippen LogP contribution < -0.4 is 29.9 Å². The molecule has 0 atom stereocenters. The van der Waals surface area contributed by atoms with Crippen LogP contribution in [0.15, 0.2) is 195 Å². The predicted molar refractivity (Wildman–Crippen MR) is 288 cm³/mol. The van der Waals surface area contributed by atoms with E-state index < -0.39 is 23.9 Å². The summed E-state index contributed by atoms with van der Waals surface area (Å²) >= 11 is 0. The molecule has 0 radical (unpaired) electrons. The van der Waals surface area contributed by atoms with Crippen LogP contribution in [0.1, 0.15) is 106 Å². The number of rotatable bonds is 16. The van der Waals surface area contributed by atoms with Gasteiger partial charge in [-0.2, -0.15) is 0 Å². The normalized spacial score (nSPS) is 10.3. The van der Waals surface area contributed by atoms with Crippen LogP contribution in [0, 0.1) is 0 Å². The molecule has 0 saturated heterocycles. The van der Waals surface area contributed by atoms with Crippen molar-refractivity contribution >= 4 is 23.9 Å². The molecule has 6 N–H and O–H groups in total. The number of carboxylic acids is 4. The Morgan fingerprint density at radius 1 is 0.350 bits per heavy atom. The van der Waals surface area contributed by atoms with Crippen LogP contribution in [0.25, 0.3) is 0 Å². The molecule has 8 aromatic rings. The summed E-state index contributed by atoms with van der Waals surface area (Å²) in [5.74, 6) is -3.29. The van der Waals surface area contributed by atoms with Crippen molar-refractivity contribution in [3.63, 3.8) is 0 Å². The summed E-state index contributed by atoms with van der Waals surface area (Å²) < 4.78 is 10.8. The van der Waals surface area contributed by atoms with Crippen molar-refractivity contribution in [1.29, 1.82) is 0 Å². The van der Waals surface area contributed by atoms with Crippen LogP contribution in [-0.4, -0.2) is 64.7 Å². The number of ether oxygens (including phenoxy) is 2. The van der Waals surface area contributed by atoms with Gasteiger partial charge in [0.2, 0.25) is 0 Å². The van der Waals surface area contributed by atoms with Crippen molar-refractivity contribution in [2.45, 2.75) is 78.8 Å². The van der Waals surface area contributed by atoms with Gasteiger partial charge in [-0.05, 0) is 209 Å². The molecular weight excluding hydrogens is 1220 g/mol. The average molecular weight is 1290 g/mol. The number of aromatic nitrogens is 4. The van der Waals surface area contributed by atoms with Crippen molar-refractivity contribution < 1.29 is 115 Å². The van der Waals surface area contributed by atoms with E-state index in [2.05, 4.69) is 95.5 Å². The second-order valence-corrected chi connectivity index (χ2v) is 18.8. The first kappa shape index (κ1) is 70.7. The molecule has 408 valence electrons. The van der Waals surface area contributed by atoms with E-state index in [4.69, 9.17) is 9.47 Å². The number of carboxylic acid groups (broad SMARTS) is 4. The molecule has 4 heterocycles. The van der Waals surface area contributed by atoms with Crippen molar-refractivity contribution in [1.82, 2.24) is 29.7 Å². The van der Waals surface area contributed by atoms with Crippen molar-refractivity contribution in [3.05, 3.63) is 240 Å². The molecule has 0 aliphatic heterocycles. The van der Waals surface area contributed by atoms with Crippen molar-refractivity contribution in [3.8, 4) is 23.0 Å². The number of benzene rings is 4. The molecule has 18 nitrogen and oxygen atoms in total. The Morgan fingerprint density at radius 3 is 0.675 bits per heavy atom. The maximum atomic E-state index is 10.6. The van der Waals surface area contributed by atoms with E-state index in [1.807, 2.05) is 73.3 Å². The summed E-state index contributed by atoms with van der Waals surface area (Å²) in [5, 5.41) is 42.2. The van der Waals surface area contributed by atoms with Crippen LogP contribution in [0.4, 0.5) is 0 Å². The van der Waals surface area contributed by atoms with Crippen LogP contribution in [-0.2, 0) is 91.7 Å². The van der Waals surface area contributed by atoms with Gasteiger partial charge < -0.3 is 60.0 Å². The number of hydrogen-bond donors (Lipinski definition) is 0. The van der Waals surface area contributed by atoms with Crippen molar-refractivity contribution in [2.75, 3.05) is 0 Å². The minimum Gasteiger partial charge on any atom is -0.545 e. The maximum Gasteiger partial charge on any atom is 2.00 e. The zero-order chi connectivity index (χ0) is 55.1. The van der Waals surface area contributed by atoms with E-state index in [0.717, 1.165) is 49.0 Å². The summed E-state index contributed by atoms with van der Waals surface area (Å²) in [6.07, 6.45) is 7.38. The zero-order valence-corrected chi connectivity index (χ0v) is 53.7. The largest absolute Gasteiger partial charge is 2.00 e. The Labute approximate surface area is 506 Å². The minimum absolute atomic E-state index is 0. The van der Waals surface area contributed by atoms with Gasteiger partial charge in [0.05, 0.1) is 46.7 Å². The van der Waals surface area contributed by atoms with E-state index in [9.17, 15) is 39.6 Å². The molecule has 0 unspecified atom stereocenters. The van der Waals surface area contributed by atoms with Crippen LogP contribution in [0.2, 0.25) is 0 Å². The third-order valence-corrected chi connectivity index (χ3v) is 11.0. The summed E-state index contributed by atoms with van der Waals surface area (Å²) in [7, 11) is 0. The third-order valence-electron chi connectivity index (χ3n) is 11.0. The van der Waals surface area contributed by atoms with Gasteiger partial charge in [-0.15, -0.1) is 0 Å². The summed E-state index contributed by atoms with van der Waals surface area (Å²) in [6, 6.07) is 46.9. The Morgan fingerprint density at radius 2 is 0.537 bits per heavy atom. The van der Waals surface area contributed by atoms with E-state index in [-0.39, 0.29) is 98.9 Å². The number of nitrogens with zero attached hydrogens (tertiary/aromatic N) is 6. The molecule has 0 aliphatic rings. The summed E-state index contributed by atoms with van der Waals surface area (Å²) in [4.78, 5) is 64.7.